The summed E-state index contributed by atoms with van der Waals surface area (Å²) in [6.45, 7) is 30.6. The Labute approximate surface area is 786 Å². The first kappa shape index (κ1) is 109. The number of rotatable bonds is 28. The van der Waals surface area contributed by atoms with Gasteiger partial charge in [-0.1, -0.05) is 85.7 Å². The first-order valence-electron chi connectivity index (χ1n) is 45.0. The van der Waals surface area contributed by atoms with Crippen molar-refractivity contribution in [2.24, 2.45) is 39.8 Å². The number of carbonyl (C=O) groups excluding carboxylic acids is 8. The first-order chi connectivity index (χ1) is 63.0. The number of aromatic hydroxyl groups is 1. The van der Waals surface area contributed by atoms with E-state index in [1.165, 1.54) is 32.5 Å². The van der Waals surface area contributed by atoms with Gasteiger partial charge in [-0.3, -0.25) is 39.3 Å². The number of ether oxygens (including phenoxy) is 12. The molecule has 4 N–H and O–H groups in total. The second kappa shape index (κ2) is 53.1. The summed E-state index contributed by atoms with van der Waals surface area (Å²) in [5.41, 5.74) is 6.41. The van der Waals surface area contributed by atoms with Crippen molar-refractivity contribution in [3.8, 4) is 28.7 Å². The minimum atomic E-state index is -0.898. The molecule has 0 spiro atoms. The minimum Gasteiger partial charge on any atom is -0.506 e. The molecule has 15 rings (SSSR count). The van der Waals surface area contributed by atoms with Gasteiger partial charge in [0.25, 0.3) is 0 Å². The number of aromatic nitrogens is 5. The molecule has 8 fully saturated rings. The molecule has 5 amide bonds. The predicted octanol–water partition coefficient (Wildman–Crippen LogP) is 17.3. The molecule has 7 aromatic rings. The molecule has 0 bridgehead atoms. The van der Waals surface area contributed by atoms with Crippen molar-refractivity contribution < 1.29 is 116 Å². The third-order valence-corrected chi connectivity index (χ3v) is 22.1. The van der Waals surface area contributed by atoms with Gasteiger partial charge in [-0.15, -0.1) is 0 Å². The highest BCUT2D eigenvalue weighted by molar-refractivity contribution is 5.73. The van der Waals surface area contributed by atoms with Gasteiger partial charge < -0.3 is 92.0 Å². The Hall–Kier alpha value is -12.2. The van der Waals surface area contributed by atoms with Crippen LogP contribution in [0.4, 0.5) is 24.0 Å². The van der Waals surface area contributed by atoms with Gasteiger partial charge in [0.1, 0.15) is 72.0 Å². The fraction of sp³-hybridized carbons (Fsp3) is 0.550. The Morgan fingerprint density at radius 1 is 0.366 bits per heavy atom. The second-order valence-corrected chi connectivity index (χ2v) is 36.4. The zero-order valence-corrected chi connectivity index (χ0v) is 78.1. The number of carbonyl (C=O) groups is 8. The van der Waals surface area contributed by atoms with Gasteiger partial charge in [0.15, 0.2) is 0 Å². The summed E-state index contributed by atoms with van der Waals surface area (Å²) in [7, 11) is 0. The number of amides is 5. The van der Waals surface area contributed by atoms with Gasteiger partial charge in [-0.05, 0) is 238 Å². The molecule has 5 aliphatic carbocycles. The van der Waals surface area contributed by atoms with Crippen molar-refractivity contribution in [1.82, 2.24) is 39.6 Å². The maximum Gasteiger partial charge on any atom is 0.452 e. The third-order valence-electron chi connectivity index (χ3n) is 22.1. The fourth-order valence-electron chi connectivity index (χ4n) is 14.2. The number of nitrogens with zero attached hydrogens (tertiary/aromatic N) is 10. The molecule has 5 saturated carbocycles. The van der Waals surface area contributed by atoms with Crippen molar-refractivity contribution in [2.75, 3.05) is 85.7 Å². The van der Waals surface area contributed by atoms with E-state index in [0.29, 0.717) is 137 Å². The summed E-state index contributed by atoms with van der Waals surface area (Å²) in [5, 5.41) is 42.2. The number of benzene rings is 2. The largest absolute Gasteiger partial charge is 0.506 e. The zero-order valence-electron chi connectivity index (χ0n) is 78.1. The number of hydrogen-bond donors (Lipinski definition) is 4. The highest BCUT2D eigenvalue weighted by Crippen LogP contribution is 2.51. The Morgan fingerprint density at radius 3 is 0.910 bits per heavy atom. The molecule has 0 radical (unpaired) electrons. The summed E-state index contributed by atoms with van der Waals surface area (Å²) in [5.74, 6) is 6.41. The lowest BCUT2D eigenvalue weighted by molar-refractivity contribution is -0.142. The molecule has 8 heterocycles. The second-order valence-electron chi connectivity index (χ2n) is 36.4. The monoisotopic (exact) mass is 1860 g/mol. The van der Waals surface area contributed by atoms with Crippen LogP contribution in [0, 0.1) is 29.6 Å². The van der Waals surface area contributed by atoms with Gasteiger partial charge in [0.2, 0.25) is 0 Å². The fourth-order valence-corrected chi connectivity index (χ4v) is 14.2. The lowest BCUT2D eigenvalue weighted by atomic mass is 10.1. The van der Waals surface area contributed by atoms with Crippen LogP contribution in [0.3, 0.4) is 0 Å². The zero-order chi connectivity index (χ0) is 95.7. The Bertz CT molecular complexity index is 4860. The Morgan fingerprint density at radius 2 is 0.649 bits per heavy atom. The summed E-state index contributed by atoms with van der Waals surface area (Å²) < 4.78 is 63.0. The van der Waals surface area contributed by atoms with Crippen LogP contribution >= 0.6 is 0 Å². The molecule has 2 aromatic carbocycles. The molecule has 3 saturated heterocycles. The number of likely N-dealkylation sites (tertiary alicyclic amines) is 3. The van der Waals surface area contributed by atoms with Crippen LogP contribution in [-0.4, -0.2) is 229 Å². The maximum absolute atomic E-state index is 12.2. The van der Waals surface area contributed by atoms with Crippen molar-refractivity contribution in [3.05, 3.63) is 192 Å². The smallest absolute Gasteiger partial charge is 0.452 e. The number of azo groups is 1. The molecule has 13 atom stereocenters. The van der Waals surface area contributed by atoms with Crippen LogP contribution in [0.2, 0.25) is 0 Å². The number of aliphatic hydroxyl groups excluding tert-OH is 3. The Kier molecular flexibility index (Phi) is 43.1. The number of aliphatic hydroxyl groups is 3. The number of esters is 3. The van der Waals surface area contributed by atoms with Crippen LogP contribution in [0.25, 0.3) is 0 Å². The van der Waals surface area contributed by atoms with Gasteiger partial charge in [0.05, 0.1) is 88.8 Å². The number of pyridine rings is 5. The summed E-state index contributed by atoms with van der Waals surface area (Å²) in [6, 6.07) is 29.9. The normalized spacial score (nSPS) is 21.4. The molecule has 34 heteroatoms. The Balaban J connectivity index is 0.000000216. The molecule has 732 valence electrons. The quantitative estimate of drug-likeness (QED) is 0.0201. The first-order valence-corrected chi connectivity index (χ1v) is 45.0. The molecule has 0 unspecified atom stereocenters. The van der Waals surface area contributed by atoms with Crippen LogP contribution in [0.5, 0.6) is 28.7 Å². The van der Waals surface area contributed by atoms with E-state index in [-0.39, 0.29) is 108 Å². The standard InChI is InChI=1S/C20H28N2O5.C18H26N2O4.C18H19NO3.C16H17NO2.C11H13NO3.C9H17NO3.C6H10N2O4.2CH4/c1-13(23)25-11-15-8-18(15)14-7-17(10-21-9-14)26-12-16-5-6-22(16)19(24)27-20(2,3)4;1-18(2,3)24-17(22)20-5-4-14(20)11-23-15-6-12(8-19-9-15)16-7-13(16)10-21;1-13(20)21-12-16-8-18(16)15-7-17(10-19-9-15)22-11-14-5-3-2-4-6-14;18-10-14-7-16(14)13-6-15(9-17-8-13)19-11-12-4-2-1-3-5-12;1-7(13)15-6-9-3-11(9)8-2-10(14)5-12-4-8;1-9(2,3)13-8(12)10-5-4-7(10)6-11;1-3-11-5(9)7-8-6(10)12-4-2;;/h7,9-10,15-16,18H,5-6,8,11-12H2,1-4H3;6,8-9,13-14,16,21H,4-5,7,10-11H2,1-3H3;2-7,9-10,16,18H,8,11-12H2,1H3;1-6,8-9,14,16,18H,7,10-11H2;2,4-5,9,11,14H,3,6H2,1H3;7,11H,4-6H2,1-3H3;3-4H2,1-2H3;2*1H4/t15-,16+,18-;13-,14+,16-;16-,18-;14-,16-;9-,11-;7-;;;/m111110.../s1. The van der Waals surface area contributed by atoms with Crippen molar-refractivity contribution in [2.45, 2.75) is 241 Å². The molecule has 134 heavy (non-hydrogen) atoms. The van der Waals surface area contributed by atoms with Crippen molar-refractivity contribution >= 4 is 48.4 Å². The summed E-state index contributed by atoms with van der Waals surface area (Å²) in [4.78, 5) is 115. The highest BCUT2D eigenvalue weighted by atomic mass is 16.6. The van der Waals surface area contributed by atoms with E-state index in [1.807, 2.05) is 172 Å². The average Bonchev–Trinajstić information content (AvgIpc) is 1.48. The van der Waals surface area contributed by atoms with E-state index in [2.05, 4.69) is 44.6 Å². The summed E-state index contributed by atoms with van der Waals surface area (Å²) >= 11 is 0. The molecule has 8 aliphatic rings. The van der Waals surface area contributed by atoms with Gasteiger partial charge in [-0.2, -0.15) is 0 Å². The third kappa shape index (κ3) is 38.4. The van der Waals surface area contributed by atoms with Crippen LogP contribution in [0.1, 0.15) is 232 Å². The average molecular weight is 1860 g/mol. The summed E-state index contributed by atoms with van der Waals surface area (Å²) in [6.07, 6.45) is 22.5. The van der Waals surface area contributed by atoms with Crippen LogP contribution in [-0.2, 0) is 65.5 Å². The van der Waals surface area contributed by atoms with Crippen molar-refractivity contribution in [1.29, 1.82) is 0 Å². The topological polar surface area (TPSA) is 427 Å². The molecular formula is C100H138N10O24. The van der Waals surface area contributed by atoms with Gasteiger partial charge >= 0.3 is 48.4 Å². The highest BCUT2D eigenvalue weighted by Gasteiger charge is 2.44. The number of hydrogen-bond acceptors (Lipinski definition) is 29. The van der Waals surface area contributed by atoms with E-state index in [9.17, 15) is 48.6 Å². The van der Waals surface area contributed by atoms with Crippen LogP contribution in [0.15, 0.2) is 163 Å². The predicted molar refractivity (Wildman–Crippen MR) is 497 cm³/mol. The van der Waals surface area contributed by atoms with Gasteiger partial charge in [0, 0.05) is 102 Å². The molecular weight excluding hydrogens is 1730 g/mol. The van der Waals surface area contributed by atoms with E-state index >= 15 is 0 Å². The molecule has 34 nitrogen and oxygen atoms in total. The van der Waals surface area contributed by atoms with Crippen molar-refractivity contribution in [3.63, 3.8) is 0 Å². The van der Waals surface area contributed by atoms with Gasteiger partial charge in [-0.25, -0.2) is 24.0 Å². The van der Waals surface area contributed by atoms with E-state index < -0.39 is 29.0 Å². The minimum absolute atomic E-state index is 0. The molecule has 5 aromatic heterocycles. The van der Waals surface area contributed by atoms with E-state index in [0.717, 1.165) is 96.2 Å². The van der Waals surface area contributed by atoms with E-state index in [1.54, 1.807) is 65.6 Å². The maximum atomic E-state index is 12.2. The lowest BCUT2D eigenvalue weighted by Crippen LogP contribution is -2.55. The van der Waals surface area contributed by atoms with Crippen LogP contribution < -0.4 is 18.9 Å². The lowest BCUT2D eigenvalue weighted by Gasteiger charge is -2.41. The molecule has 3 aliphatic heterocycles. The van der Waals surface area contributed by atoms with E-state index in [4.69, 9.17) is 57.6 Å². The SMILES string of the molecule is C.C.CC(=O)OC[C@H]1C[C@@H]1c1cncc(O)c1.CC(=O)OC[C@H]1C[C@@H]1c1cncc(OC[C@@H]2CCN2C(=O)OC(C)(C)C)c1.CC(=O)OC[C@H]1C[C@@H]1c1cncc(OCc2ccccc2)c1.CC(C)(C)OC(=O)N1CC[C@H]1CO.CC(C)(C)OC(=O)N1CC[C@H]1COc1cncc([C@H]2C[C@@H]2CO)c1.CCOC(=O)N=NC(=O)OCC.OC[C@H]1C[C@@H]1c1cncc(OCc2ccccc2)c1.